The van der Waals surface area contributed by atoms with Gasteiger partial charge >= 0.3 is 0 Å². The Morgan fingerprint density at radius 3 is 2.59 bits per heavy atom. The number of carbonyl (C=O) groups is 1. The van der Waals surface area contributed by atoms with Gasteiger partial charge in [-0.2, -0.15) is 9.78 Å². The lowest BCUT2D eigenvalue weighted by Crippen LogP contribution is -2.21. The van der Waals surface area contributed by atoms with Crippen LogP contribution in [-0.2, 0) is 0 Å². The summed E-state index contributed by atoms with van der Waals surface area (Å²) in [6.07, 6.45) is 0. The molecule has 2 heterocycles. The minimum atomic E-state index is -0.607. The fourth-order valence-electron chi connectivity index (χ4n) is 3.03. The number of nitrogens with zero attached hydrogens (tertiary/aromatic N) is 6. The van der Waals surface area contributed by atoms with Gasteiger partial charge in [-0.15, -0.1) is 5.10 Å². The van der Waals surface area contributed by atoms with Gasteiger partial charge in [-0.3, -0.25) is 4.79 Å². The van der Waals surface area contributed by atoms with Crippen LogP contribution in [0.5, 0.6) is 5.75 Å². The maximum absolute atomic E-state index is 13.0. The third-order valence-electron chi connectivity index (χ3n) is 4.68. The van der Waals surface area contributed by atoms with E-state index >= 15 is 0 Å². The van der Waals surface area contributed by atoms with Crippen LogP contribution in [0.1, 0.15) is 29.9 Å². The number of aromatic nitrogens is 5. The Balaban J connectivity index is 1.69. The maximum atomic E-state index is 13.0. The number of rotatable bonds is 7. The van der Waals surface area contributed by atoms with Crippen LogP contribution in [-0.4, -0.2) is 43.5 Å². The Bertz CT molecular complexity index is 1360. The molecule has 0 atom stereocenters. The molecule has 4 aromatic rings. The number of nitrogens with two attached hydrogens (primary N) is 1. The van der Waals surface area contributed by atoms with Crippen molar-refractivity contribution in [1.29, 1.82) is 0 Å². The normalized spacial score (nSPS) is 11.5. The minimum absolute atomic E-state index is 0.0162. The van der Waals surface area contributed by atoms with Gasteiger partial charge in [0.25, 0.3) is 5.91 Å². The molecule has 0 radical (unpaired) electrons. The van der Waals surface area contributed by atoms with Crippen LogP contribution in [0.4, 0.5) is 5.82 Å². The van der Waals surface area contributed by atoms with Crippen LogP contribution in [0.15, 0.2) is 52.2 Å². The van der Waals surface area contributed by atoms with E-state index in [2.05, 4.69) is 35.8 Å². The highest BCUT2D eigenvalue weighted by molar-refractivity contribution is 6.42. The molecule has 2 aromatic carbocycles. The smallest absolute Gasteiger partial charge is 0.294 e. The molecule has 0 unspecified atom stereocenters. The summed E-state index contributed by atoms with van der Waals surface area (Å²) in [6.45, 7) is 4.12. The first-order valence-electron chi connectivity index (χ1n) is 9.96. The van der Waals surface area contributed by atoms with Crippen molar-refractivity contribution in [2.24, 2.45) is 5.10 Å². The molecule has 0 aliphatic heterocycles. The predicted octanol–water partition coefficient (Wildman–Crippen LogP) is 3.76. The van der Waals surface area contributed by atoms with Gasteiger partial charge in [0.2, 0.25) is 11.6 Å². The molecule has 174 valence electrons. The molecule has 11 nitrogen and oxygen atoms in total. The summed E-state index contributed by atoms with van der Waals surface area (Å²) >= 11 is 12.0. The van der Waals surface area contributed by atoms with Crippen molar-refractivity contribution in [2.45, 2.75) is 13.8 Å². The standard InChI is InChI=1S/C21H18Cl2N8O3/c1-3-33-14-7-4-12(5-8-14)18-17(26-30-31(18)20-19(24)28-34-29-20)21(32)27-25-11(2)13-6-9-15(22)16(23)10-13/h4-10H,3H2,1-2H3,(H2,24,28)(H,27,32)/b25-11+. The van der Waals surface area contributed by atoms with E-state index < -0.39 is 5.91 Å². The number of nitrogen functional groups attached to an aromatic ring is 1. The highest BCUT2D eigenvalue weighted by Crippen LogP contribution is 2.28. The van der Waals surface area contributed by atoms with Crippen LogP contribution in [0.3, 0.4) is 0 Å². The van der Waals surface area contributed by atoms with Gasteiger partial charge in [-0.05, 0) is 66.1 Å². The fraction of sp³-hybridized carbons (Fsp3) is 0.143. The molecule has 0 aliphatic rings. The first-order chi connectivity index (χ1) is 16.4. The van der Waals surface area contributed by atoms with Crippen molar-refractivity contribution in [3.05, 3.63) is 63.8 Å². The minimum Gasteiger partial charge on any atom is -0.494 e. The maximum Gasteiger partial charge on any atom is 0.294 e. The van der Waals surface area contributed by atoms with E-state index in [4.69, 9.17) is 33.7 Å². The molecule has 4 rings (SSSR count). The third kappa shape index (κ3) is 4.70. The number of hydrazone groups is 1. The summed E-state index contributed by atoms with van der Waals surface area (Å²) in [7, 11) is 0. The molecular weight excluding hydrogens is 483 g/mol. The first-order valence-corrected chi connectivity index (χ1v) is 10.7. The van der Waals surface area contributed by atoms with Crippen LogP contribution in [0.25, 0.3) is 17.1 Å². The molecule has 0 saturated carbocycles. The number of hydrogen-bond acceptors (Lipinski definition) is 9. The van der Waals surface area contributed by atoms with Gasteiger partial charge in [0.15, 0.2) is 5.69 Å². The van der Waals surface area contributed by atoms with Crippen LogP contribution < -0.4 is 15.9 Å². The highest BCUT2D eigenvalue weighted by Gasteiger charge is 2.25. The Hall–Kier alpha value is -3.96. The van der Waals surface area contributed by atoms with Crippen LogP contribution >= 0.6 is 23.2 Å². The number of amides is 1. The average molecular weight is 501 g/mol. The monoisotopic (exact) mass is 500 g/mol. The van der Waals surface area contributed by atoms with Crippen molar-refractivity contribution < 1.29 is 14.2 Å². The van der Waals surface area contributed by atoms with Crippen molar-refractivity contribution in [3.8, 4) is 22.8 Å². The van der Waals surface area contributed by atoms with Gasteiger partial charge in [-0.1, -0.05) is 34.5 Å². The van der Waals surface area contributed by atoms with Gasteiger partial charge in [0, 0.05) is 5.56 Å². The number of ether oxygens (including phenoxy) is 1. The lowest BCUT2D eigenvalue weighted by Gasteiger charge is -2.08. The van der Waals surface area contributed by atoms with Crippen molar-refractivity contribution >= 4 is 40.6 Å². The van der Waals surface area contributed by atoms with E-state index in [1.54, 1.807) is 49.4 Å². The van der Waals surface area contributed by atoms with Crippen LogP contribution in [0.2, 0.25) is 10.0 Å². The van der Waals surface area contributed by atoms with E-state index in [-0.39, 0.29) is 17.3 Å². The molecule has 0 fully saturated rings. The van der Waals surface area contributed by atoms with E-state index in [9.17, 15) is 4.79 Å². The van der Waals surface area contributed by atoms with Gasteiger partial charge < -0.3 is 10.5 Å². The van der Waals surface area contributed by atoms with Gasteiger partial charge in [0.1, 0.15) is 11.4 Å². The number of benzene rings is 2. The third-order valence-corrected chi connectivity index (χ3v) is 5.42. The number of anilines is 1. The summed E-state index contributed by atoms with van der Waals surface area (Å²) in [5.41, 5.74) is 10.4. The molecule has 0 aliphatic carbocycles. The van der Waals surface area contributed by atoms with Gasteiger partial charge in [-0.25, -0.2) is 10.1 Å². The van der Waals surface area contributed by atoms with Gasteiger partial charge in [0.05, 0.1) is 22.4 Å². The molecule has 0 spiro atoms. The molecule has 0 saturated heterocycles. The quantitative estimate of drug-likeness (QED) is 0.288. The van der Waals surface area contributed by atoms with Crippen molar-refractivity contribution in [1.82, 2.24) is 30.7 Å². The SMILES string of the molecule is CCOc1ccc(-c2c(C(=O)N/N=C(\C)c3ccc(Cl)c(Cl)c3)nnn2-c2nonc2N)cc1. The van der Waals surface area contributed by atoms with Crippen molar-refractivity contribution in [2.75, 3.05) is 12.3 Å². The number of hydrogen-bond donors (Lipinski definition) is 2. The second-order valence-corrected chi connectivity index (χ2v) is 7.71. The zero-order valence-electron chi connectivity index (χ0n) is 18.0. The Morgan fingerprint density at radius 2 is 1.94 bits per heavy atom. The van der Waals surface area contributed by atoms with Crippen LogP contribution in [0, 0.1) is 0 Å². The highest BCUT2D eigenvalue weighted by atomic mass is 35.5. The van der Waals surface area contributed by atoms with E-state index in [1.165, 1.54) is 4.68 Å². The molecule has 3 N–H and O–H groups in total. The second-order valence-electron chi connectivity index (χ2n) is 6.90. The number of halogens is 2. The molecule has 1 amide bonds. The predicted molar refractivity (Wildman–Crippen MR) is 126 cm³/mol. The largest absolute Gasteiger partial charge is 0.494 e. The Labute approximate surface area is 203 Å². The lowest BCUT2D eigenvalue weighted by atomic mass is 10.1. The summed E-state index contributed by atoms with van der Waals surface area (Å²) in [5.74, 6) is 0.133. The van der Waals surface area contributed by atoms with E-state index in [1.807, 2.05) is 6.92 Å². The molecule has 2 aromatic heterocycles. The number of nitrogens with one attached hydrogen (secondary N) is 1. The zero-order valence-corrected chi connectivity index (χ0v) is 19.5. The number of carbonyl (C=O) groups excluding carboxylic acids is 1. The van der Waals surface area contributed by atoms with Crippen molar-refractivity contribution in [3.63, 3.8) is 0 Å². The summed E-state index contributed by atoms with van der Waals surface area (Å²) in [5, 5.41) is 20.3. The summed E-state index contributed by atoms with van der Waals surface area (Å²) in [4.78, 5) is 13.0. The molecule has 34 heavy (non-hydrogen) atoms. The Morgan fingerprint density at radius 1 is 1.18 bits per heavy atom. The molecule has 0 bridgehead atoms. The average Bonchev–Trinajstić information content (AvgIpc) is 3.45. The lowest BCUT2D eigenvalue weighted by molar-refractivity contribution is 0.0950. The molecular formula is C21H18Cl2N8O3. The zero-order chi connectivity index (χ0) is 24.2. The summed E-state index contributed by atoms with van der Waals surface area (Å²) in [6, 6.07) is 12.1. The topological polar surface area (TPSA) is 146 Å². The second kappa shape index (κ2) is 9.89. The fourth-order valence-corrected chi connectivity index (χ4v) is 3.33. The first kappa shape index (κ1) is 23.2. The molecule has 13 heteroatoms. The van der Waals surface area contributed by atoms with E-state index in [0.717, 1.165) is 0 Å². The van der Waals surface area contributed by atoms with E-state index in [0.29, 0.717) is 44.9 Å². The Kier molecular flexibility index (Phi) is 6.75. The summed E-state index contributed by atoms with van der Waals surface area (Å²) < 4.78 is 11.4.